The minimum absolute atomic E-state index is 0. The van der Waals surface area contributed by atoms with Crippen molar-refractivity contribution in [1.82, 2.24) is 19.6 Å². The third-order valence-corrected chi connectivity index (χ3v) is 3.34. The van der Waals surface area contributed by atoms with E-state index in [-0.39, 0.29) is 23.5 Å². The fraction of sp³-hybridized carbons (Fsp3) is 0.625. The zero-order valence-electron chi connectivity index (χ0n) is 9.47. The minimum Gasteiger partial charge on any atom is -0.339 e. The highest BCUT2D eigenvalue weighted by Gasteiger charge is 2.16. The number of likely N-dealkylation sites (N-methyl/N-ethyl adjacent to an activating group) is 1. The number of nitrogens with one attached hydrogen (secondary N) is 2. The fourth-order valence-electron chi connectivity index (χ4n) is 0.938. The molecule has 94 valence electrons. The second-order valence-corrected chi connectivity index (χ2v) is 5.13. The lowest BCUT2D eigenvalue weighted by atomic mass is 10.4. The summed E-state index contributed by atoms with van der Waals surface area (Å²) in [4.78, 5) is 3.78. The molecule has 0 aliphatic rings. The Bertz CT molecular complexity index is 417. The molecule has 0 saturated carbocycles. The van der Waals surface area contributed by atoms with Gasteiger partial charge in [-0.05, 0) is 14.0 Å². The zero-order valence-corrected chi connectivity index (χ0v) is 11.1. The lowest BCUT2D eigenvalue weighted by Crippen LogP contribution is -2.37. The summed E-state index contributed by atoms with van der Waals surface area (Å²) in [5.74, 6) is 0. The number of rotatable bonds is 5. The monoisotopic (exact) mass is 268 g/mol. The van der Waals surface area contributed by atoms with Crippen LogP contribution in [0.5, 0.6) is 0 Å². The van der Waals surface area contributed by atoms with E-state index in [0.29, 0.717) is 6.54 Å². The number of aryl methyl sites for hydroxylation is 1. The lowest BCUT2D eigenvalue weighted by Gasteiger charge is -2.10. The van der Waals surface area contributed by atoms with Gasteiger partial charge in [0.05, 0.1) is 6.33 Å². The highest BCUT2D eigenvalue weighted by Crippen LogP contribution is 2.03. The van der Waals surface area contributed by atoms with Crippen LogP contribution in [0.2, 0.25) is 0 Å². The summed E-state index contributed by atoms with van der Waals surface area (Å²) < 4.78 is 27.4. The van der Waals surface area contributed by atoms with Crippen molar-refractivity contribution in [3.63, 3.8) is 0 Å². The van der Waals surface area contributed by atoms with Gasteiger partial charge in [0, 0.05) is 25.8 Å². The molecule has 1 unspecified atom stereocenters. The second-order valence-electron chi connectivity index (χ2n) is 3.42. The third-order valence-electron chi connectivity index (χ3n) is 2.03. The van der Waals surface area contributed by atoms with Gasteiger partial charge in [0.15, 0.2) is 5.03 Å². The highest BCUT2D eigenvalue weighted by molar-refractivity contribution is 7.89. The Balaban J connectivity index is 0.00000225. The number of nitrogens with zero attached hydrogens (tertiary/aromatic N) is 2. The van der Waals surface area contributed by atoms with Crippen LogP contribution in [0.15, 0.2) is 17.6 Å². The third kappa shape index (κ3) is 4.09. The summed E-state index contributed by atoms with van der Waals surface area (Å²) in [6.45, 7) is 2.23. The van der Waals surface area contributed by atoms with E-state index in [0.717, 1.165) is 0 Å². The molecule has 6 nitrogen and oxygen atoms in total. The van der Waals surface area contributed by atoms with Gasteiger partial charge in [0.2, 0.25) is 0 Å². The van der Waals surface area contributed by atoms with Crippen LogP contribution in [-0.4, -0.2) is 37.6 Å². The summed E-state index contributed by atoms with van der Waals surface area (Å²) >= 11 is 0. The van der Waals surface area contributed by atoms with Crippen LogP contribution >= 0.6 is 12.4 Å². The summed E-state index contributed by atoms with van der Waals surface area (Å²) in [6.07, 6.45) is 2.92. The average Bonchev–Trinajstić information content (AvgIpc) is 2.62. The van der Waals surface area contributed by atoms with Crippen molar-refractivity contribution in [2.24, 2.45) is 7.05 Å². The Morgan fingerprint density at radius 1 is 1.56 bits per heavy atom. The minimum atomic E-state index is -3.47. The van der Waals surface area contributed by atoms with E-state index in [1.165, 1.54) is 12.5 Å². The largest absolute Gasteiger partial charge is 0.339 e. The standard InChI is InChI=1S/C8H16N4O2S.ClH/c1-7(9-2)4-11-15(13,14)8-5-12(3)6-10-8;/h5-7,9,11H,4H2,1-3H3;1H. The Morgan fingerprint density at radius 3 is 2.62 bits per heavy atom. The molecule has 1 atom stereocenters. The van der Waals surface area contributed by atoms with Crippen molar-refractivity contribution >= 4 is 22.4 Å². The SMILES string of the molecule is CNC(C)CNS(=O)(=O)c1cn(C)cn1.Cl. The molecular formula is C8H17ClN4O2S. The number of halogens is 1. The van der Waals surface area contributed by atoms with Crippen LogP contribution in [-0.2, 0) is 17.1 Å². The van der Waals surface area contributed by atoms with Crippen molar-refractivity contribution in [1.29, 1.82) is 0 Å². The van der Waals surface area contributed by atoms with Crippen molar-refractivity contribution in [3.8, 4) is 0 Å². The van der Waals surface area contributed by atoms with Crippen LogP contribution < -0.4 is 10.0 Å². The van der Waals surface area contributed by atoms with Gasteiger partial charge in [-0.2, -0.15) is 0 Å². The second kappa shape index (κ2) is 6.19. The first kappa shape index (κ1) is 15.4. The molecule has 0 aromatic carbocycles. The summed E-state index contributed by atoms with van der Waals surface area (Å²) in [5.41, 5.74) is 0. The van der Waals surface area contributed by atoms with Crippen molar-refractivity contribution in [3.05, 3.63) is 12.5 Å². The van der Waals surface area contributed by atoms with Crippen LogP contribution in [0, 0.1) is 0 Å². The van der Waals surface area contributed by atoms with Gasteiger partial charge in [-0.1, -0.05) is 0 Å². The number of hydrogen-bond acceptors (Lipinski definition) is 4. The molecule has 0 aliphatic heterocycles. The van der Waals surface area contributed by atoms with Gasteiger partial charge in [-0.3, -0.25) is 0 Å². The van der Waals surface area contributed by atoms with Gasteiger partial charge in [0.25, 0.3) is 10.0 Å². The molecule has 16 heavy (non-hydrogen) atoms. The normalized spacial score (nSPS) is 13.2. The first-order valence-electron chi connectivity index (χ1n) is 4.60. The van der Waals surface area contributed by atoms with E-state index in [9.17, 15) is 8.42 Å². The van der Waals surface area contributed by atoms with Gasteiger partial charge >= 0.3 is 0 Å². The van der Waals surface area contributed by atoms with Crippen molar-refractivity contribution in [2.45, 2.75) is 18.0 Å². The summed E-state index contributed by atoms with van der Waals surface area (Å²) in [7, 11) is 0.0354. The summed E-state index contributed by atoms with van der Waals surface area (Å²) in [5, 5.41) is 2.99. The highest BCUT2D eigenvalue weighted by atomic mass is 35.5. The lowest BCUT2D eigenvalue weighted by molar-refractivity contribution is 0.552. The molecule has 0 saturated heterocycles. The van der Waals surface area contributed by atoms with Gasteiger partial charge in [-0.15, -0.1) is 12.4 Å². The first-order chi connectivity index (χ1) is 6.95. The molecule has 0 fully saturated rings. The van der Waals surface area contributed by atoms with E-state index >= 15 is 0 Å². The Kier molecular flexibility index (Phi) is 5.95. The van der Waals surface area contributed by atoms with E-state index < -0.39 is 10.0 Å². The Labute approximate surface area is 102 Å². The predicted molar refractivity (Wildman–Crippen MR) is 64.2 cm³/mol. The van der Waals surface area contributed by atoms with E-state index in [2.05, 4.69) is 15.0 Å². The number of sulfonamides is 1. The first-order valence-corrected chi connectivity index (χ1v) is 6.09. The number of aromatic nitrogens is 2. The average molecular weight is 269 g/mol. The Morgan fingerprint density at radius 2 is 2.19 bits per heavy atom. The van der Waals surface area contributed by atoms with Gasteiger partial charge < -0.3 is 9.88 Å². The molecule has 2 N–H and O–H groups in total. The number of hydrogen-bond donors (Lipinski definition) is 2. The molecule has 8 heteroatoms. The molecule has 0 radical (unpaired) electrons. The molecule has 0 spiro atoms. The molecular weight excluding hydrogens is 252 g/mol. The molecule has 0 amide bonds. The fourth-order valence-corrected chi connectivity index (χ4v) is 2.05. The molecule has 0 bridgehead atoms. The molecule has 1 aromatic rings. The topological polar surface area (TPSA) is 76.0 Å². The predicted octanol–water partition coefficient (Wildman–Crippen LogP) is -0.272. The van der Waals surface area contributed by atoms with Crippen molar-refractivity contribution in [2.75, 3.05) is 13.6 Å². The molecule has 0 aliphatic carbocycles. The van der Waals surface area contributed by atoms with E-state index in [1.54, 1.807) is 18.7 Å². The quantitative estimate of drug-likeness (QED) is 0.771. The zero-order chi connectivity index (χ0) is 11.5. The maximum atomic E-state index is 11.7. The maximum absolute atomic E-state index is 11.7. The van der Waals surface area contributed by atoms with Crippen LogP contribution in [0.3, 0.4) is 0 Å². The van der Waals surface area contributed by atoms with Crippen LogP contribution in [0.25, 0.3) is 0 Å². The van der Waals surface area contributed by atoms with Gasteiger partial charge in [0.1, 0.15) is 0 Å². The van der Waals surface area contributed by atoms with Crippen LogP contribution in [0.1, 0.15) is 6.92 Å². The summed E-state index contributed by atoms with van der Waals surface area (Å²) in [6, 6.07) is 0.0866. The smallest absolute Gasteiger partial charge is 0.259 e. The van der Waals surface area contributed by atoms with E-state index in [1.807, 2.05) is 6.92 Å². The van der Waals surface area contributed by atoms with Gasteiger partial charge in [-0.25, -0.2) is 18.1 Å². The van der Waals surface area contributed by atoms with Crippen molar-refractivity contribution < 1.29 is 8.42 Å². The molecule has 1 rings (SSSR count). The maximum Gasteiger partial charge on any atom is 0.259 e. The molecule has 1 aromatic heterocycles. The van der Waals surface area contributed by atoms with Crippen LogP contribution in [0.4, 0.5) is 0 Å². The number of imidazole rings is 1. The van der Waals surface area contributed by atoms with E-state index in [4.69, 9.17) is 0 Å². The molecule has 1 heterocycles. The Hall–Kier alpha value is -0.630.